The van der Waals surface area contributed by atoms with Gasteiger partial charge in [0.1, 0.15) is 0 Å². The van der Waals surface area contributed by atoms with Crippen LogP contribution in [0, 0.1) is 11.3 Å². The van der Waals surface area contributed by atoms with E-state index >= 15 is 0 Å². The van der Waals surface area contributed by atoms with Crippen molar-refractivity contribution < 1.29 is 9.53 Å². The highest BCUT2D eigenvalue weighted by Crippen LogP contribution is 2.52. The highest BCUT2D eigenvalue weighted by atomic mass is 35.5. The van der Waals surface area contributed by atoms with Crippen LogP contribution < -0.4 is 0 Å². The summed E-state index contributed by atoms with van der Waals surface area (Å²) in [4.78, 5) is 12.1. The first-order chi connectivity index (χ1) is 8.60. The number of cyclic esters (lactones) is 1. The zero-order valence-electron chi connectivity index (χ0n) is 10.1. The predicted molar refractivity (Wildman–Crippen MR) is 70.4 cm³/mol. The van der Waals surface area contributed by atoms with Crippen LogP contribution in [-0.4, -0.2) is 12.6 Å². The number of benzene rings is 1. The molecule has 1 aliphatic heterocycles. The van der Waals surface area contributed by atoms with Crippen molar-refractivity contribution in [3.8, 4) is 0 Å². The second-order valence-corrected chi connectivity index (χ2v) is 5.83. The second kappa shape index (κ2) is 4.13. The van der Waals surface area contributed by atoms with Crippen LogP contribution in [0.5, 0.6) is 0 Å². The van der Waals surface area contributed by atoms with E-state index in [2.05, 4.69) is 6.58 Å². The molecule has 0 radical (unpaired) electrons. The van der Waals surface area contributed by atoms with Crippen molar-refractivity contribution in [3.05, 3.63) is 47.0 Å². The Hall–Kier alpha value is -1.28. The first kappa shape index (κ1) is 11.8. The monoisotopic (exact) mass is 262 g/mol. The van der Waals surface area contributed by atoms with Gasteiger partial charge in [0.15, 0.2) is 0 Å². The summed E-state index contributed by atoms with van der Waals surface area (Å²) in [5.41, 5.74) is 1.88. The maximum absolute atomic E-state index is 12.1. The summed E-state index contributed by atoms with van der Waals surface area (Å²) in [6, 6.07) is 7.72. The van der Waals surface area contributed by atoms with Crippen molar-refractivity contribution in [1.82, 2.24) is 0 Å². The largest absolute Gasteiger partial charge is 0.465 e. The van der Waals surface area contributed by atoms with Crippen molar-refractivity contribution in [2.24, 2.45) is 11.3 Å². The molecule has 18 heavy (non-hydrogen) atoms. The Bertz CT molecular complexity index is 523. The SMILES string of the molecule is C=C1CC2COC(=O)C2(Cc2cccc(Cl)c2)C1. The molecule has 1 aromatic rings. The molecule has 1 saturated heterocycles. The fourth-order valence-electron chi connectivity index (χ4n) is 3.27. The lowest BCUT2D eigenvalue weighted by molar-refractivity contribution is -0.146. The third kappa shape index (κ3) is 1.76. The lowest BCUT2D eigenvalue weighted by Crippen LogP contribution is -2.31. The Morgan fingerprint density at radius 2 is 2.33 bits per heavy atom. The smallest absolute Gasteiger partial charge is 0.313 e. The van der Waals surface area contributed by atoms with E-state index in [1.807, 2.05) is 24.3 Å². The van der Waals surface area contributed by atoms with Gasteiger partial charge in [0.05, 0.1) is 12.0 Å². The topological polar surface area (TPSA) is 26.3 Å². The fourth-order valence-corrected chi connectivity index (χ4v) is 3.49. The highest BCUT2D eigenvalue weighted by molar-refractivity contribution is 6.30. The summed E-state index contributed by atoms with van der Waals surface area (Å²) in [7, 11) is 0. The molecule has 0 N–H and O–H groups in total. The van der Waals surface area contributed by atoms with E-state index in [1.54, 1.807) is 0 Å². The number of allylic oxidation sites excluding steroid dienone is 1. The third-order valence-electron chi connectivity index (χ3n) is 4.11. The van der Waals surface area contributed by atoms with E-state index in [-0.39, 0.29) is 17.3 Å². The number of carbonyl (C=O) groups is 1. The quantitative estimate of drug-likeness (QED) is 0.603. The van der Waals surface area contributed by atoms with Gasteiger partial charge in [0, 0.05) is 10.9 Å². The van der Waals surface area contributed by atoms with Crippen molar-refractivity contribution in [2.75, 3.05) is 6.61 Å². The Labute approximate surface area is 112 Å². The number of esters is 1. The van der Waals surface area contributed by atoms with Gasteiger partial charge in [-0.1, -0.05) is 35.9 Å². The zero-order chi connectivity index (χ0) is 12.8. The minimum absolute atomic E-state index is 0.0638. The van der Waals surface area contributed by atoms with Crippen LogP contribution in [0.4, 0.5) is 0 Å². The molecule has 0 amide bonds. The molecule has 3 rings (SSSR count). The van der Waals surface area contributed by atoms with Gasteiger partial charge in [-0.25, -0.2) is 0 Å². The summed E-state index contributed by atoms with van der Waals surface area (Å²) in [5.74, 6) is 0.225. The average Bonchev–Trinajstić information content (AvgIpc) is 2.76. The van der Waals surface area contributed by atoms with Crippen molar-refractivity contribution >= 4 is 17.6 Å². The van der Waals surface area contributed by atoms with Gasteiger partial charge in [0.25, 0.3) is 0 Å². The van der Waals surface area contributed by atoms with E-state index in [4.69, 9.17) is 16.3 Å². The molecule has 2 fully saturated rings. The average molecular weight is 263 g/mol. The first-order valence-corrected chi connectivity index (χ1v) is 6.56. The number of rotatable bonds is 2. The molecule has 0 aromatic heterocycles. The molecule has 0 spiro atoms. The molecule has 94 valence electrons. The molecule has 0 bridgehead atoms. The Morgan fingerprint density at radius 1 is 1.50 bits per heavy atom. The van der Waals surface area contributed by atoms with Gasteiger partial charge < -0.3 is 4.74 Å². The van der Waals surface area contributed by atoms with E-state index < -0.39 is 0 Å². The van der Waals surface area contributed by atoms with E-state index in [0.29, 0.717) is 18.1 Å². The van der Waals surface area contributed by atoms with Crippen LogP contribution in [0.15, 0.2) is 36.4 Å². The summed E-state index contributed by atoms with van der Waals surface area (Å²) in [6.45, 7) is 4.58. The van der Waals surface area contributed by atoms with Crippen molar-refractivity contribution in [2.45, 2.75) is 19.3 Å². The Balaban J connectivity index is 1.94. The number of carbonyl (C=O) groups excluding carboxylic acids is 1. The standard InChI is InChI=1S/C15H15ClO2/c1-10-5-12-9-18-14(17)15(12,7-10)8-11-3-2-4-13(16)6-11/h2-4,6,12H,1,5,7-9H2. The Kier molecular flexibility index (Phi) is 2.70. The molecule has 1 aromatic carbocycles. The molecule has 2 unspecified atom stereocenters. The van der Waals surface area contributed by atoms with Crippen LogP contribution in [0.2, 0.25) is 5.02 Å². The van der Waals surface area contributed by atoms with Crippen LogP contribution in [-0.2, 0) is 16.0 Å². The molecule has 3 heteroatoms. The minimum Gasteiger partial charge on any atom is -0.465 e. The molecule has 2 nitrogen and oxygen atoms in total. The molecular weight excluding hydrogens is 248 g/mol. The van der Waals surface area contributed by atoms with Gasteiger partial charge in [-0.3, -0.25) is 4.79 Å². The maximum atomic E-state index is 12.1. The minimum atomic E-state index is -0.387. The van der Waals surface area contributed by atoms with Crippen LogP contribution in [0.25, 0.3) is 0 Å². The van der Waals surface area contributed by atoms with Crippen molar-refractivity contribution in [1.29, 1.82) is 0 Å². The van der Waals surface area contributed by atoms with E-state index in [0.717, 1.165) is 18.4 Å². The number of hydrogen-bond donors (Lipinski definition) is 0. The van der Waals surface area contributed by atoms with Gasteiger partial charge >= 0.3 is 5.97 Å². The number of halogens is 1. The third-order valence-corrected chi connectivity index (χ3v) is 4.35. The van der Waals surface area contributed by atoms with Gasteiger partial charge in [-0.2, -0.15) is 0 Å². The van der Waals surface area contributed by atoms with Crippen LogP contribution in [0.1, 0.15) is 18.4 Å². The summed E-state index contributed by atoms with van der Waals surface area (Å²) >= 11 is 6.00. The van der Waals surface area contributed by atoms with Gasteiger partial charge in [-0.15, -0.1) is 0 Å². The Morgan fingerprint density at radius 3 is 3.11 bits per heavy atom. The van der Waals surface area contributed by atoms with E-state index in [1.165, 1.54) is 5.57 Å². The summed E-state index contributed by atoms with van der Waals surface area (Å²) in [6.07, 6.45) is 2.37. The van der Waals surface area contributed by atoms with E-state index in [9.17, 15) is 4.79 Å². The summed E-state index contributed by atoms with van der Waals surface area (Å²) in [5, 5.41) is 0.712. The number of ether oxygens (including phenoxy) is 1. The van der Waals surface area contributed by atoms with Crippen molar-refractivity contribution in [3.63, 3.8) is 0 Å². The van der Waals surface area contributed by atoms with Crippen LogP contribution >= 0.6 is 11.6 Å². The van der Waals surface area contributed by atoms with Crippen LogP contribution in [0.3, 0.4) is 0 Å². The normalized spacial score (nSPS) is 30.4. The molecule has 1 heterocycles. The van der Waals surface area contributed by atoms with Gasteiger partial charge in [-0.05, 0) is 37.0 Å². The zero-order valence-corrected chi connectivity index (χ0v) is 10.9. The lowest BCUT2D eigenvalue weighted by atomic mass is 9.75. The first-order valence-electron chi connectivity index (χ1n) is 6.18. The number of fused-ring (bicyclic) bond motifs is 1. The fraction of sp³-hybridized carbons (Fsp3) is 0.400. The number of hydrogen-bond acceptors (Lipinski definition) is 2. The molecule has 1 saturated carbocycles. The molecule has 1 aliphatic carbocycles. The maximum Gasteiger partial charge on any atom is 0.313 e. The predicted octanol–water partition coefficient (Wildman–Crippen LogP) is 3.39. The summed E-state index contributed by atoms with van der Waals surface area (Å²) < 4.78 is 5.26. The molecule has 2 atom stereocenters. The molecular formula is C15H15ClO2. The highest BCUT2D eigenvalue weighted by Gasteiger charge is 2.55. The lowest BCUT2D eigenvalue weighted by Gasteiger charge is -2.24. The molecule has 2 aliphatic rings. The second-order valence-electron chi connectivity index (χ2n) is 5.39. The van der Waals surface area contributed by atoms with Gasteiger partial charge in [0.2, 0.25) is 0 Å².